The maximum absolute atomic E-state index is 13.5. The Morgan fingerprint density at radius 3 is 2.89 bits per heavy atom. The number of halogens is 1. The standard InChI is InChI=1S/C14H17FN2O/c1-3-5-12(4-2)17-9-11-8-10(14(16)18)6-7-13(11)15/h2,6-8,12,17H,3,5,9H2,1H3,(H2,16,18). The van der Waals surface area contributed by atoms with Crippen molar-refractivity contribution in [2.75, 3.05) is 0 Å². The van der Waals surface area contributed by atoms with E-state index >= 15 is 0 Å². The lowest BCUT2D eigenvalue weighted by atomic mass is 10.1. The Balaban J connectivity index is 2.75. The number of rotatable bonds is 6. The average molecular weight is 248 g/mol. The molecule has 1 unspecified atom stereocenters. The van der Waals surface area contributed by atoms with E-state index in [-0.39, 0.29) is 18.4 Å². The van der Waals surface area contributed by atoms with Crippen LogP contribution in [0, 0.1) is 18.2 Å². The molecule has 1 atom stereocenters. The molecule has 0 radical (unpaired) electrons. The number of carbonyl (C=O) groups is 1. The molecular weight excluding hydrogens is 231 g/mol. The van der Waals surface area contributed by atoms with Gasteiger partial charge >= 0.3 is 0 Å². The van der Waals surface area contributed by atoms with Gasteiger partial charge in [0.25, 0.3) is 0 Å². The van der Waals surface area contributed by atoms with Crippen LogP contribution >= 0.6 is 0 Å². The van der Waals surface area contributed by atoms with Gasteiger partial charge in [-0.15, -0.1) is 6.42 Å². The molecule has 4 heteroatoms. The van der Waals surface area contributed by atoms with Gasteiger partial charge in [0.1, 0.15) is 5.82 Å². The molecule has 1 aromatic rings. The predicted molar refractivity (Wildman–Crippen MR) is 69.3 cm³/mol. The normalized spacial score (nSPS) is 11.8. The molecule has 18 heavy (non-hydrogen) atoms. The summed E-state index contributed by atoms with van der Waals surface area (Å²) < 4.78 is 13.5. The first kappa shape index (κ1) is 14.2. The minimum Gasteiger partial charge on any atom is -0.366 e. The molecule has 0 saturated carbocycles. The van der Waals surface area contributed by atoms with Gasteiger partial charge in [0.05, 0.1) is 6.04 Å². The molecule has 0 aliphatic rings. The number of amides is 1. The fourth-order valence-electron chi connectivity index (χ4n) is 1.63. The number of primary amides is 1. The Bertz CT molecular complexity index is 465. The molecule has 0 saturated heterocycles. The van der Waals surface area contributed by atoms with E-state index in [1.165, 1.54) is 18.2 Å². The zero-order chi connectivity index (χ0) is 13.5. The summed E-state index contributed by atoms with van der Waals surface area (Å²) in [7, 11) is 0. The van der Waals surface area contributed by atoms with Crippen LogP contribution in [-0.4, -0.2) is 11.9 Å². The van der Waals surface area contributed by atoms with Crippen LogP contribution in [0.5, 0.6) is 0 Å². The van der Waals surface area contributed by atoms with Crippen molar-refractivity contribution in [3.8, 4) is 12.3 Å². The van der Waals surface area contributed by atoms with Gasteiger partial charge < -0.3 is 5.73 Å². The van der Waals surface area contributed by atoms with Crippen molar-refractivity contribution in [1.29, 1.82) is 0 Å². The summed E-state index contributed by atoms with van der Waals surface area (Å²) in [5.74, 6) is 1.66. The lowest BCUT2D eigenvalue weighted by molar-refractivity contribution is 0.1000. The van der Waals surface area contributed by atoms with E-state index in [0.29, 0.717) is 11.1 Å². The molecule has 0 aliphatic carbocycles. The fraction of sp³-hybridized carbons (Fsp3) is 0.357. The largest absolute Gasteiger partial charge is 0.366 e. The Hall–Kier alpha value is -1.86. The molecule has 0 heterocycles. The molecule has 3 nitrogen and oxygen atoms in total. The Morgan fingerprint density at radius 1 is 1.61 bits per heavy atom. The molecular formula is C14H17FN2O. The molecule has 0 bridgehead atoms. The summed E-state index contributed by atoms with van der Waals surface area (Å²) in [5, 5.41) is 3.07. The van der Waals surface area contributed by atoms with Crippen molar-refractivity contribution in [2.45, 2.75) is 32.4 Å². The fourth-order valence-corrected chi connectivity index (χ4v) is 1.63. The monoisotopic (exact) mass is 248 g/mol. The molecule has 1 rings (SSSR count). The lowest BCUT2D eigenvalue weighted by Gasteiger charge is -2.12. The Labute approximate surface area is 107 Å². The van der Waals surface area contributed by atoms with Gasteiger partial charge in [-0.05, 0) is 24.6 Å². The van der Waals surface area contributed by atoms with Crippen molar-refractivity contribution in [3.63, 3.8) is 0 Å². The minimum atomic E-state index is -0.571. The number of nitrogens with one attached hydrogen (secondary N) is 1. The van der Waals surface area contributed by atoms with E-state index in [1.54, 1.807) is 0 Å². The Kier molecular flexibility index (Phi) is 5.34. The number of carbonyl (C=O) groups excluding carboxylic acids is 1. The van der Waals surface area contributed by atoms with Crippen molar-refractivity contribution in [2.24, 2.45) is 5.73 Å². The molecule has 1 amide bonds. The Morgan fingerprint density at radius 2 is 2.33 bits per heavy atom. The van der Waals surface area contributed by atoms with E-state index < -0.39 is 5.91 Å². The SMILES string of the molecule is C#CC(CCC)NCc1cc(C(N)=O)ccc1F. The first-order valence-corrected chi connectivity index (χ1v) is 5.86. The number of hydrogen-bond donors (Lipinski definition) is 2. The molecule has 0 aromatic heterocycles. The molecule has 0 aliphatic heterocycles. The van der Waals surface area contributed by atoms with Crippen LogP contribution in [-0.2, 0) is 6.54 Å². The topological polar surface area (TPSA) is 55.1 Å². The van der Waals surface area contributed by atoms with E-state index in [1.807, 2.05) is 6.92 Å². The van der Waals surface area contributed by atoms with Crippen LogP contribution in [0.3, 0.4) is 0 Å². The highest BCUT2D eigenvalue weighted by atomic mass is 19.1. The molecule has 1 aromatic carbocycles. The average Bonchev–Trinajstić information content (AvgIpc) is 2.35. The number of hydrogen-bond acceptors (Lipinski definition) is 2. The molecule has 96 valence electrons. The van der Waals surface area contributed by atoms with Crippen LogP contribution in [0.4, 0.5) is 4.39 Å². The summed E-state index contributed by atoms with van der Waals surface area (Å²) >= 11 is 0. The summed E-state index contributed by atoms with van der Waals surface area (Å²) in [6.45, 7) is 2.31. The second-order valence-corrected chi connectivity index (χ2v) is 4.06. The van der Waals surface area contributed by atoms with Gasteiger partial charge in [-0.25, -0.2) is 4.39 Å². The molecule has 3 N–H and O–H groups in total. The van der Waals surface area contributed by atoms with Crippen LogP contribution in [0.25, 0.3) is 0 Å². The zero-order valence-electron chi connectivity index (χ0n) is 10.4. The maximum atomic E-state index is 13.5. The lowest BCUT2D eigenvalue weighted by Crippen LogP contribution is -2.27. The van der Waals surface area contributed by atoms with Crippen LogP contribution in [0.15, 0.2) is 18.2 Å². The van der Waals surface area contributed by atoms with Crippen molar-refractivity contribution in [3.05, 3.63) is 35.1 Å². The predicted octanol–water partition coefficient (Wildman–Crippen LogP) is 1.82. The maximum Gasteiger partial charge on any atom is 0.248 e. The minimum absolute atomic E-state index is 0.0911. The quantitative estimate of drug-likeness (QED) is 0.754. The van der Waals surface area contributed by atoms with Crippen molar-refractivity contribution in [1.82, 2.24) is 5.32 Å². The number of nitrogens with two attached hydrogens (primary N) is 1. The molecule has 0 fully saturated rings. The smallest absolute Gasteiger partial charge is 0.248 e. The highest BCUT2D eigenvalue weighted by Crippen LogP contribution is 2.11. The summed E-state index contributed by atoms with van der Waals surface area (Å²) in [5.41, 5.74) is 5.83. The van der Waals surface area contributed by atoms with E-state index in [9.17, 15) is 9.18 Å². The van der Waals surface area contributed by atoms with Crippen molar-refractivity contribution < 1.29 is 9.18 Å². The second kappa shape index (κ2) is 6.77. The van der Waals surface area contributed by atoms with Crippen LogP contribution < -0.4 is 11.1 Å². The highest BCUT2D eigenvalue weighted by Gasteiger charge is 2.09. The zero-order valence-corrected chi connectivity index (χ0v) is 10.4. The number of terminal acetylenes is 1. The number of benzene rings is 1. The first-order valence-electron chi connectivity index (χ1n) is 5.86. The van der Waals surface area contributed by atoms with E-state index in [0.717, 1.165) is 12.8 Å². The van der Waals surface area contributed by atoms with Crippen molar-refractivity contribution >= 4 is 5.91 Å². The van der Waals surface area contributed by atoms with Gasteiger partial charge in [0.15, 0.2) is 0 Å². The highest BCUT2D eigenvalue weighted by molar-refractivity contribution is 5.92. The third-order valence-electron chi connectivity index (χ3n) is 2.65. The third-order valence-corrected chi connectivity index (χ3v) is 2.65. The molecule has 0 spiro atoms. The second-order valence-electron chi connectivity index (χ2n) is 4.06. The third kappa shape index (κ3) is 3.86. The summed E-state index contributed by atoms with van der Waals surface area (Å²) in [4.78, 5) is 11.0. The van der Waals surface area contributed by atoms with Gasteiger partial charge in [0.2, 0.25) is 5.91 Å². The van der Waals surface area contributed by atoms with E-state index in [2.05, 4.69) is 11.2 Å². The van der Waals surface area contributed by atoms with Gasteiger partial charge in [-0.3, -0.25) is 10.1 Å². The van der Waals surface area contributed by atoms with Crippen LogP contribution in [0.1, 0.15) is 35.7 Å². The first-order chi connectivity index (χ1) is 8.58. The summed E-state index contributed by atoms with van der Waals surface area (Å²) in [6.07, 6.45) is 7.14. The van der Waals surface area contributed by atoms with E-state index in [4.69, 9.17) is 12.2 Å². The van der Waals surface area contributed by atoms with Crippen LogP contribution in [0.2, 0.25) is 0 Å². The van der Waals surface area contributed by atoms with Gasteiger partial charge in [0, 0.05) is 17.7 Å². The van der Waals surface area contributed by atoms with Gasteiger partial charge in [-0.2, -0.15) is 0 Å². The summed E-state index contributed by atoms with van der Waals surface area (Å²) in [6, 6.07) is 3.96. The van der Waals surface area contributed by atoms with Gasteiger partial charge in [-0.1, -0.05) is 19.3 Å².